The summed E-state index contributed by atoms with van der Waals surface area (Å²) in [7, 11) is 0. The lowest BCUT2D eigenvalue weighted by Crippen LogP contribution is -2.11. The van der Waals surface area contributed by atoms with Crippen LogP contribution in [0.15, 0.2) is 36.5 Å². The molecule has 6 heteroatoms. The Kier molecular flexibility index (Phi) is 6.08. The van der Waals surface area contributed by atoms with Gasteiger partial charge in [0.05, 0.1) is 25.4 Å². The third-order valence-corrected chi connectivity index (χ3v) is 3.30. The number of carbonyl (C=O) groups excluding carboxylic acids is 2. The van der Waals surface area contributed by atoms with E-state index < -0.39 is 12.1 Å². The van der Waals surface area contributed by atoms with Crippen LogP contribution in [0.1, 0.15) is 45.0 Å². The van der Waals surface area contributed by atoms with Crippen LogP contribution in [0.2, 0.25) is 0 Å². The van der Waals surface area contributed by atoms with Crippen LogP contribution in [0, 0.1) is 0 Å². The number of nitrogens with one attached hydrogen (secondary N) is 1. The summed E-state index contributed by atoms with van der Waals surface area (Å²) >= 11 is 0. The van der Waals surface area contributed by atoms with Crippen molar-refractivity contribution in [1.82, 2.24) is 4.98 Å². The maximum atomic E-state index is 11.7. The van der Waals surface area contributed by atoms with Gasteiger partial charge in [0.2, 0.25) is 0 Å². The van der Waals surface area contributed by atoms with Crippen LogP contribution in [-0.2, 0) is 16.1 Å². The summed E-state index contributed by atoms with van der Waals surface area (Å²) in [6, 6.07) is 9.54. The second-order valence-corrected chi connectivity index (χ2v) is 4.89. The standard InChI is InChI=1S/C17H19NO5/c1-2-23-17(21)16-14(9-19)13(8-18-16)15(20)11-22-10-12-6-4-3-5-7-12/h3-9,15,18,20H,2,10-11H2,1H3/t15-/m1/s1. The molecule has 0 spiro atoms. The Hall–Kier alpha value is -2.44. The first kappa shape index (κ1) is 16.9. The zero-order chi connectivity index (χ0) is 16.7. The average molecular weight is 317 g/mol. The Morgan fingerprint density at radius 3 is 2.74 bits per heavy atom. The molecule has 0 unspecified atom stereocenters. The van der Waals surface area contributed by atoms with Gasteiger partial charge in [-0.05, 0) is 12.5 Å². The molecule has 2 rings (SSSR count). The van der Waals surface area contributed by atoms with E-state index in [1.165, 1.54) is 6.20 Å². The van der Waals surface area contributed by atoms with E-state index in [0.717, 1.165) is 5.56 Å². The normalized spacial score (nSPS) is 11.9. The van der Waals surface area contributed by atoms with Gasteiger partial charge in [-0.25, -0.2) is 4.79 Å². The molecule has 0 fully saturated rings. The molecule has 0 radical (unpaired) electrons. The van der Waals surface area contributed by atoms with Crippen LogP contribution in [0.3, 0.4) is 0 Å². The lowest BCUT2D eigenvalue weighted by atomic mass is 10.1. The van der Waals surface area contributed by atoms with Gasteiger partial charge in [-0.2, -0.15) is 0 Å². The second-order valence-electron chi connectivity index (χ2n) is 4.89. The zero-order valence-electron chi connectivity index (χ0n) is 12.8. The van der Waals surface area contributed by atoms with Crippen LogP contribution in [-0.4, -0.2) is 35.6 Å². The molecule has 1 atom stereocenters. The van der Waals surface area contributed by atoms with E-state index >= 15 is 0 Å². The van der Waals surface area contributed by atoms with Crippen LogP contribution in [0.5, 0.6) is 0 Å². The number of aromatic nitrogens is 1. The summed E-state index contributed by atoms with van der Waals surface area (Å²) in [5.74, 6) is -0.627. The monoisotopic (exact) mass is 317 g/mol. The first-order chi connectivity index (χ1) is 11.2. The summed E-state index contributed by atoms with van der Waals surface area (Å²) in [6.07, 6.45) is 0.934. The Bertz CT molecular complexity index is 650. The van der Waals surface area contributed by atoms with Crippen molar-refractivity contribution in [2.45, 2.75) is 19.6 Å². The van der Waals surface area contributed by atoms with E-state index in [0.29, 0.717) is 18.5 Å². The molecule has 2 aromatic rings. The van der Waals surface area contributed by atoms with E-state index in [9.17, 15) is 14.7 Å². The van der Waals surface area contributed by atoms with Gasteiger partial charge in [0.1, 0.15) is 11.8 Å². The number of H-pyrrole nitrogens is 1. The highest BCUT2D eigenvalue weighted by molar-refractivity contribution is 5.97. The van der Waals surface area contributed by atoms with E-state index in [4.69, 9.17) is 9.47 Å². The average Bonchev–Trinajstić information content (AvgIpc) is 3.00. The smallest absolute Gasteiger partial charge is 0.355 e. The number of aliphatic hydroxyl groups excluding tert-OH is 1. The van der Waals surface area contributed by atoms with E-state index in [1.807, 2.05) is 30.3 Å². The third kappa shape index (κ3) is 4.28. The molecule has 0 saturated heterocycles. The molecule has 23 heavy (non-hydrogen) atoms. The van der Waals surface area contributed by atoms with Crippen LogP contribution >= 0.6 is 0 Å². The summed E-state index contributed by atoms with van der Waals surface area (Å²) in [5.41, 5.74) is 1.44. The molecule has 0 saturated carbocycles. The van der Waals surface area contributed by atoms with Crippen molar-refractivity contribution >= 4 is 12.3 Å². The fourth-order valence-corrected chi connectivity index (χ4v) is 2.18. The first-order valence-electron chi connectivity index (χ1n) is 7.30. The fourth-order valence-electron chi connectivity index (χ4n) is 2.18. The van der Waals surface area contributed by atoms with Gasteiger partial charge in [-0.3, -0.25) is 4.79 Å². The highest BCUT2D eigenvalue weighted by Crippen LogP contribution is 2.21. The van der Waals surface area contributed by atoms with Gasteiger partial charge in [-0.15, -0.1) is 0 Å². The van der Waals surface area contributed by atoms with Gasteiger partial charge in [-0.1, -0.05) is 30.3 Å². The number of benzene rings is 1. The van der Waals surface area contributed by atoms with Crippen molar-refractivity contribution in [2.24, 2.45) is 0 Å². The number of rotatable bonds is 8. The second kappa shape index (κ2) is 8.26. The molecule has 0 amide bonds. The van der Waals surface area contributed by atoms with Crippen molar-refractivity contribution < 1.29 is 24.2 Å². The van der Waals surface area contributed by atoms with Gasteiger partial charge < -0.3 is 19.6 Å². The van der Waals surface area contributed by atoms with Gasteiger partial charge in [0.15, 0.2) is 6.29 Å². The van der Waals surface area contributed by atoms with Crippen molar-refractivity contribution in [2.75, 3.05) is 13.2 Å². The van der Waals surface area contributed by atoms with Gasteiger partial charge in [0, 0.05) is 11.8 Å². The van der Waals surface area contributed by atoms with Gasteiger partial charge in [0.25, 0.3) is 0 Å². The number of ether oxygens (including phenoxy) is 2. The van der Waals surface area contributed by atoms with E-state index in [1.54, 1.807) is 6.92 Å². The van der Waals surface area contributed by atoms with Crippen molar-refractivity contribution in [3.05, 3.63) is 58.9 Å². The number of aliphatic hydroxyl groups is 1. The number of aldehydes is 1. The molecule has 0 aliphatic heterocycles. The third-order valence-electron chi connectivity index (χ3n) is 3.30. The Morgan fingerprint density at radius 1 is 1.35 bits per heavy atom. The number of carbonyl (C=O) groups is 2. The van der Waals surface area contributed by atoms with Crippen molar-refractivity contribution in [3.63, 3.8) is 0 Å². The minimum Gasteiger partial charge on any atom is -0.461 e. The molecule has 1 aromatic heterocycles. The molecule has 122 valence electrons. The fraction of sp³-hybridized carbons (Fsp3) is 0.294. The highest BCUT2D eigenvalue weighted by atomic mass is 16.5. The van der Waals surface area contributed by atoms with E-state index in [-0.39, 0.29) is 24.5 Å². The Balaban J connectivity index is 2.00. The largest absolute Gasteiger partial charge is 0.461 e. The number of aromatic amines is 1. The van der Waals surface area contributed by atoms with Crippen molar-refractivity contribution in [1.29, 1.82) is 0 Å². The number of hydrogen-bond acceptors (Lipinski definition) is 5. The molecule has 6 nitrogen and oxygen atoms in total. The lowest BCUT2D eigenvalue weighted by molar-refractivity contribution is 0.0274. The lowest BCUT2D eigenvalue weighted by Gasteiger charge is -2.11. The predicted molar refractivity (Wildman–Crippen MR) is 83.2 cm³/mol. The SMILES string of the molecule is CCOC(=O)c1[nH]cc([C@H](O)COCc2ccccc2)c1C=O. The minimum absolute atomic E-state index is 0.00977. The summed E-state index contributed by atoms with van der Waals surface area (Å²) in [6.45, 7) is 2.24. The highest BCUT2D eigenvalue weighted by Gasteiger charge is 2.22. The van der Waals surface area contributed by atoms with Crippen LogP contribution < -0.4 is 0 Å². The summed E-state index contributed by atoms with van der Waals surface area (Å²) in [5, 5.41) is 10.2. The molecule has 2 N–H and O–H groups in total. The summed E-state index contributed by atoms with van der Waals surface area (Å²) < 4.78 is 10.3. The zero-order valence-corrected chi connectivity index (χ0v) is 12.8. The number of esters is 1. The quantitative estimate of drug-likeness (QED) is 0.576. The molecular formula is C17H19NO5. The maximum Gasteiger partial charge on any atom is 0.355 e. The minimum atomic E-state index is -1.02. The maximum absolute atomic E-state index is 11.7. The molecular weight excluding hydrogens is 298 g/mol. The van der Waals surface area contributed by atoms with Crippen molar-refractivity contribution in [3.8, 4) is 0 Å². The predicted octanol–water partition coefficient (Wildman–Crippen LogP) is 2.25. The molecule has 0 aliphatic rings. The van der Waals surface area contributed by atoms with Gasteiger partial charge >= 0.3 is 5.97 Å². The molecule has 1 heterocycles. The van der Waals surface area contributed by atoms with E-state index in [2.05, 4.69) is 4.98 Å². The molecule has 0 aliphatic carbocycles. The topological polar surface area (TPSA) is 88.6 Å². The first-order valence-corrected chi connectivity index (χ1v) is 7.30. The number of hydrogen-bond donors (Lipinski definition) is 2. The van der Waals surface area contributed by atoms with Crippen LogP contribution in [0.25, 0.3) is 0 Å². The molecule has 1 aromatic carbocycles. The summed E-state index contributed by atoms with van der Waals surface area (Å²) in [4.78, 5) is 25.6. The Morgan fingerprint density at radius 2 is 2.09 bits per heavy atom. The molecule has 0 bridgehead atoms. The van der Waals surface area contributed by atoms with Crippen LogP contribution in [0.4, 0.5) is 0 Å². The Labute approximate surface area is 134 Å².